The highest BCUT2D eigenvalue weighted by Crippen LogP contribution is 2.13. The lowest BCUT2D eigenvalue weighted by molar-refractivity contribution is -0.137. The van der Waals surface area contributed by atoms with Crippen LogP contribution in [0.3, 0.4) is 0 Å². The summed E-state index contributed by atoms with van der Waals surface area (Å²) in [5.74, 6) is -0.769. The van der Waals surface area contributed by atoms with E-state index in [9.17, 15) is 9.59 Å². The Bertz CT molecular complexity index is 679. The molecule has 0 bridgehead atoms. The molecule has 8 heteroatoms. The Labute approximate surface area is 121 Å². The van der Waals surface area contributed by atoms with E-state index in [4.69, 9.17) is 5.11 Å². The summed E-state index contributed by atoms with van der Waals surface area (Å²) in [5.41, 5.74) is 1.02. The van der Waals surface area contributed by atoms with E-state index in [0.717, 1.165) is 0 Å². The van der Waals surface area contributed by atoms with Crippen molar-refractivity contribution in [3.63, 3.8) is 0 Å². The van der Waals surface area contributed by atoms with Gasteiger partial charge < -0.3 is 10.0 Å². The maximum Gasteiger partial charge on any atom is 0.305 e. The first-order valence-corrected chi connectivity index (χ1v) is 6.60. The van der Waals surface area contributed by atoms with Crippen molar-refractivity contribution >= 4 is 17.7 Å². The molecule has 0 saturated carbocycles. The van der Waals surface area contributed by atoms with Crippen LogP contribution in [-0.2, 0) is 4.79 Å². The largest absolute Gasteiger partial charge is 0.481 e. The zero-order valence-corrected chi connectivity index (χ0v) is 12.1. The summed E-state index contributed by atoms with van der Waals surface area (Å²) < 4.78 is 1.49. The highest BCUT2D eigenvalue weighted by atomic mass is 16.4. The number of carbonyl (C=O) groups excluding carboxylic acids is 1. The van der Waals surface area contributed by atoms with Crippen LogP contribution in [0.15, 0.2) is 12.5 Å². The van der Waals surface area contributed by atoms with Gasteiger partial charge in [-0.2, -0.15) is 10.1 Å². The van der Waals surface area contributed by atoms with Gasteiger partial charge in [-0.3, -0.25) is 9.59 Å². The highest BCUT2D eigenvalue weighted by molar-refractivity contribution is 5.95. The van der Waals surface area contributed by atoms with E-state index in [0.29, 0.717) is 17.0 Å². The topological polar surface area (TPSA) is 101 Å². The van der Waals surface area contributed by atoms with Crippen molar-refractivity contribution in [2.75, 3.05) is 6.54 Å². The molecule has 0 aliphatic rings. The normalized spacial score (nSPS) is 11.0. The van der Waals surface area contributed by atoms with Gasteiger partial charge in [-0.1, -0.05) is 0 Å². The number of fused-ring (bicyclic) bond motifs is 1. The molecule has 0 unspecified atom stereocenters. The summed E-state index contributed by atoms with van der Waals surface area (Å²) in [6, 6.07) is -0.109. The number of carbonyl (C=O) groups is 2. The third kappa shape index (κ3) is 2.99. The Balaban J connectivity index is 2.33. The molecule has 1 amide bonds. The Morgan fingerprint density at radius 3 is 2.71 bits per heavy atom. The average molecular weight is 291 g/mol. The SMILES string of the molecule is Cc1c(C(=O)N(CCC(=O)O)C(C)C)cnc2ncnn12. The van der Waals surface area contributed by atoms with E-state index in [1.165, 1.54) is 21.9 Å². The maximum atomic E-state index is 12.6. The minimum atomic E-state index is -0.935. The van der Waals surface area contributed by atoms with Crippen molar-refractivity contribution < 1.29 is 14.7 Å². The smallest absolute Gasteiger partial charge is 0.305 e. The van der Waals surface area contributed by atoms with Crippen molar-refractivity contribution in [1.82, 2.24) is 24.5 Å². The van der Waals surface area contributed by atoms with Crippen molar-refractivity contribution in [1.29, 1.82) is 0 Å². The summed E-state index contributed by atoms with van der Waals surface area (Å²) in [6.07, 6.45) is 2.73. The zero-order chi connectivity index (χ0) is 15.6. The van der Waals surface area contributed by atoms with Gasteiger partial charge in [-0.05, 0) is 20.8 Å². The molecule has 0 aliphatic heterocycles. The lowest BCUT2D eigenvalue weighted by Gasteiger charge is -2.26. The molecule has 0 aromatic carbocycles. The van der Waals surface area contributed by atoms with Crippen LogP contribution >= 0.6 is 0 Å². The predicted octanol–water partition coefficient (Wildman–Crippen LogP) is 0.758. The van der Waals surface area contributed by atoms with Crippen LogP contribution in [0.25, 0.3) is 5.78 Å². The highest BCUT2D eigenvalue weighted by Gasteiger charge is 2.22. The second-order valence-electron chi connectivity index (χ2n) is 4.97. The summed E-state index contributed by atoms with van der Waals surface area (Å²) in [6.45, 7) is 5.60. The summed E-state index contributed by atoms with van der Waals surface area (Å²) >= 11 is 0. The molecule has 1 N–H and O–H groups in total. The summed E-state index contributed by atoms with van der Waals surface area (Å²) in [5, 5.41) is 12.8. The number of aliphatic carboxylic acids is 1. The monoisotopic (exact) mass is 291 g/mol. The van der Waals surface area contributed by atoms with Crippen LogP contribution in [0, 0.1) is 6.92 Å². The lowest BCUT2D eigenvalue weighted by atomic mass is 10.1. The van der Waals surface area contributed by atoms with E-state index < -0.39 is 5.97 Å². The third-order valence-electron chi connectivity index (χ3n) is 3.23. The Hall–Kier alpha value is -2.51. The third-order valence-corrected chi connectivity index (χ3v) is 3.23. The maximum absolute atomic E-state index is 12.6. The molecule has 0 aliphatic carbocycles. The molecule has 2 heterocycles. The van der Waals surface area contributed by atoms with Gasteiger partial charge in [0.25, 0.3) is 11.7 Å². The molecule has 2 aromatic heterocycles. The van der Waals surface area contributed by atoms with Gasteiger partial charge in [0.05, 0.1) is 17.7 Å². The molecule has 0 atom stereocenters. The second kappa shape index (κ2) is 5.86. The molecule has 0 spiro atoms. The summed E-state index contributed by atoms with van der Waals surface area (Å²) in [4.78, 5) is 32.9. The van der Waals surface area contributed by atoms with Gasteiger partial charge in [0, 0.05) is 18.8 Å². The van der Waals surface area contributed by atoms with Gasteiger partial charge in [0.1, 0.15) is 6.33 Å². The number of carboxylic acids is 1. The zero-order valence-electron chi connectivity index (χ0n) is 12.1. The number of nitrogens with zero attached hydrogens (tertiary/aromatic N) is 5. The summed E-state index contributed by atoms with van der Waals surface area (Å²) in [7, 11) is 0. The number of hydrogen-bond donors (Lipinski definition) is 1. The fourth-order valence-electron chi connectivity index (χ4n) is 2.06. The van der Waals surface area contributed by atoms with Crippen molar-refractivity contribution in [2.45, 2.75) is 33.2 Å². The molecule has 0 fully saturated rings. The van der Waals surface area contributed by atoms with Crippen molar-refractivity contribution in [3.8, 4) is 0 Å². The number of aromatic nitrogens is 4. The molecular formula is C13H17N5O3. The molecular weight excluding hydrogens is 274 g/mol. The fraction of sp³-hybridized carbons (Fsp3) is 0.462. The van der Waals surface area contributed by atoms with E-state index in [1.54, 1.807) is 6.92 Å². The van der Waals surface area contributed by atoms with Gasteiger partial charge in [-0.15, -0.1) is 0 Å². The molecule has 2 rings (SSSR count). The average Bonchev–Trinajstić information content (AvgIpc) is 2.87. The van der Waals surface area contributed by atoms with Crippen LogP contribution in [0.2, 0.25) is 0 Å². The van der Waals surface area contributed by atoms with Crippen molar-refractivity contribution in [3.05, 3.63) is 23.8 Å². The number of amides is 1. The second-order valence-corrected chi connectivity index (χ2v) is 4.97. The Kier molecular flexibility index (Phi) is 4.15. The molecule has 8 nitrogen and oxygen atoms in total. The van der Waals surface area contributed by atoms with E-state index in [2.05, 4.69) is 15.1 Å². The quantitative estimate of drug-likeness (QED) is 0.872. The van der Waals surface area contributed by atoms with Crippen LogP contribution in [-0.4, -0.2) is 54.1 Å². The molecule has 112 valence electrons. The minimum absolute atomic E-state index is 0.0953. The first-order chi connectivity index (χ1) is 9.91. The Morgan fingerprint density at radius 1 is 1.38 bits per heavy atom. The molecule has 0 saturated heterocycles. The predicted molar refractivity (Wildman–Crippen MR) is 73.9 cm³/mol. The van der Waals surface area contributed by atoms with E-state index in [1.807, 2.05) is 13.8 Å². The van der Waals surface area contributed by atoms with Crippen LogP contribution in [0.5, 0.6) is 0 Å². The van der Waals surface area contributed by atoms with Crippen LogP contribution < -0.4 is 0 Å². The van der Waals surface area contributed by atoms with E-state index in [-0.39, 0.29) is 24.9 Å². The molecule has 2 aromatic rings. The van der Waals surface area contributed by atoms with Gasteiger partial charge in [-0.25, -0.2) is 9.50 Å². The number of carboxylic acid groups (broad SMARTS) is 1. The molecule has 0 radical (unpaired) electrons. The van der Waals surface area contributed by atoms with Crippen LogP contribution in [0.1, 0.15) is 36.3 Å². The number of aryl methyl sites for hydroxylation is 1. The van der Waals surface area contributed by atoms with E-state index >= 15 is 0 Å². The first kappa shape index (κ1) is 14.9. The van der Waals surface area contributed by atoms with Gasteiger partial charge in [0.15, 0.2) is 0 Å². The number of rotatable bonds is 5. The van der Waals surface area contributed by atoms with Crippen molar-refractivity contribution in [2.24, 2.45) is 0 Å². The number of hydrogen-bond acceptors (Lipinski definition) is 5. The lowest BCUT2D eigenvalue weighted by Crippen LogP contribution is -2.39. The standard InChI is InChI=1S/C13H17N5O3/c1-8(2)17(5-4-11(19)20)12(21)10-6-14-13-15-7-16-18(13)9(10)3/h6-8H,4-5H2,1-3H3,(H,19,20). The van der Waals surface area contributed by atoms with Gasteiger partial charge >= 0.3 is 5.97 Å². The van der Waals surface area contributed by atoms with Crippen LogP contribution in [0.4, 0.5) is 0 Å². The molecule has 21 heavy (non-hydrogen) atoms. The first-order valence-electron chi connectivity index (χ1n) is 6.60. The fourth-order valence-corrected chi connectivity index (χ4v) is 2.06. The van der Waals surface area contributed by atoms with Gasteiger partial charge in [0.2, 0.25) is 0 Å². The Morgan fingerprint density at radius 2 is 2.10 bits per heavy atom. The minimum Gasteiger partial charge on any atom is -0.481 e.